The molecule has 0 bridgehead atoms. The maximum atomic E-state index is 12.2. The summed E-state index contributed by atoms with van der Waals surface area (Å²) in [4.78, 5) is 13.2. The Hall–Kier alpha value is -2.82. The maximum absolute atomic E-state index is 12.2. The monoisotopic (exact) mass is 416 g/mol. The number of aromatic nitrogens is 4. The Morgan fingerprint density at radius 3 is 2.62 bits per heavy atom. The van der Waals surface area contributed by atoms with Crippen LogP contribution >= 0.6 is 0 Å². The van der Waals surface area contributed by atoms with Crippen LogP contribution in [0.3, 0.4) is 0 Å². The van der Waals surface area contributed by atoms with E-state index in [1.54, 1.807) is 30.9 Å². The molecule has 0 saturated heterocycles. The van der Waals surface area contributed by atoms with E-state index in [2.05, 4.69) is 38.8 Å². The fraction of sp³-hybridized carbons (Fsp3) is 0.316. The van der Waals surface area contributed by atoms with Crippen LogP contribution in [0.5, 0.6) is 0 Å². The van der Waals surface area contributed by atoms with Crippen LogP contribution in [0.25, 0.3) is 11.4 Å². The molecule has 1 aromatic carbocycles. The van der Waals surface area contributed by atoms with Crippen LogP contribution in [0.2, 0.25) is 0 Å². The Balaban J connectivity index is 1.75. The molecule has 0 amide bonds. The van der Waals surface area contributed by atoms with E-state index in [1.807, 2.05) is 10.6 Å². The van der Waals surface area contributed by atoms with Gasteiger partial charge in [-0.3, -0.25) is 0 Å². The van der Waals surface area contributed by atoms with Crippen molar-refractivity contribution < 1.29 is 13.2 Å². The third-order valence-electron chi connectivity index (χ3n) is 4.16. The molecular weight excluding hydrogens is 392 g/mol. The number of imidazole rings is 1. The first kappa shape index (κ1) is 20.9. The van der Waals surface area contributed by atoms with Crippen molar-refractivity contribution in [2.45, 2.75) is 24.8 Å². The summed E-state index contributed by atoms with van der Waals surface area (Å²) < 4.78 is 33.8. The van der Waals surface area contributed by atoms with Gasteiger partial charge in [-0.05, 0) is 44.2 Å². The number of ether oxygens (including phenoxy) is 1. The van der Waals surface area contributed by atoms with Gasteiger partial charge in [0, 0.05) is 31.6 Å². The summed E-state index contributed by atoms with van der Waals surface area (Å²) in [5, 5.41) is 3.10. The lowest BCUT2D eigenvalue weighted by molar-refractivity contribution is 0.204. The standard InChI is InChI=1S/C19H24N6O3S/c1-14(2)25-13-20-12-18(25)17-8-9-21-19(24-17)23-15-4-6-16(7-5-15)29(26,27)22-10-11-28-3/h4-9,12-14,22H,10-11H2,1-3H3,(H,21,23,24). The molecule has 0 saturated carbocycles. The van der Waals surface area contributed by atoms with Crippen LogP contribution in [-0.4, -0.2) is 48.2 Å². The highest BCUT2D eigenvalue weighted by Crippen LogP contribution is 2.22. The molecule has 0 fully saturated rings. The molecule has 0 aliphatic rings. The third-order valence-corrected chi connectivity index (χ3v) is 5.64. The Morgan fingerprint density at radius 2 is 1.93 bits per heavy atom. The third kappa shape index (κ3) is 5.17. The lowest BCUT2D eigenvalue weighted by Gasteiger charge is -2.12. The molecule has 2 aromatic heterocycles. The van der Waals surface area contributed by atoms with Crippen molar-refractivity contribution in [3.63, 3.8) is 0 Å². The molecule has 0 radical (unpaired) electrons. The summed E-state index contributed by atoms with van der Waals surface area (Å²) >= 11 is 0. The summed E-state index contributed by atoms with van der Waals surface area (Å²) in [6, 6.07) is 8.46. The summed E-state index contributed by atoms with van der Waals surface area (Å²) in [7, 11) is -2.05. The van der Waals surface area contributed by atoms with E-state index in [4.69, 9.17) is 4.74 Å². The Labute approximate surface area is 170 Å². The van der Waals surface area contributed by atoms with Crippen molar-refractivity contribution in [2.24, 2.45) is 0 Å². The summed E-state index contributed by atoms with van der Waals surface area (Å²) in [6.07, 6.45) is 5.21. The summed E-state index contributed by atoms with van der Waals surface area (Å²) in [5.41, 5.74) is 2.32. The first-order valence-corrected chi connectivity index (χ1v) is 10.6. The van der Waals surface area contributed by atoms with Gasteiger partial charge in [0.15, 0.2) is 0 Å². The zero-order chi connectivity index (χ0) is 20.9. The van der Waals surface area contributed by atoms with E-state index in [-0.39, 0.29) is 17.5 Å². The van der Waals surface area contributed by atoms with E-state index in [9.17, 15) is 8.42 Å². The van der Waals surface area contributed by atoms with Crippen LogP contribution in [0.1, 0.15) is 19.9 Å². The molecule has 2 heterocycles. The first-order chi connectivity index (χ1) is 13.9. The molecule has 0 aliphatic heterocycles. The molecule has 10 heteroatoms. The fourth-order valence-corrected chi connectivity index (χ4v) is 3.70. The summed E-state index contributed by atoms with van der Waals surface area (Å²) in [5.74, 6) is 0.410. The largest absolute Gasteiger partial charge is 0.383 e. The average molecular weight is 417 g/mol. The predicted molar refractivity (Wildman–Crippen MR) is 110 cm³/mol. The SMILES string of the molecule is COCCNS(=O)(=O)c1ccc(Nc2nccc(-c3cncn3C(C)C)n2)cc1. The van der Waals surface area contributed by atoms with Crippen molar-refractivity contribution in [2.75, 3.05) is 25.6 Å². The number of anilines is 2. The molecular formula is C19H24N6O3S. The van der Waals surface area contributed by atoms with Crippen LogP contribution in [-0.2, 0) is 14.8 Å². The van der Waals surface area contributed by atoms with Crippen molar-refractivity contribution in [3.05, 3.63) is 49.1 Å². The topological polar surface area (TPSA) is 111 Å². The summed E-state index contributed by atoms with van der Waals surface area (Å²) in [6.45, 7) is 4.67. The van der Waals surface area contributed by atoms with Gasteiger partial charge in [-0.25, -0.2) is 28.1 Å². The maximum Gasteiger partial charge on any atom is 0.240 e. The minimum Gasteiger partial charge on any atom is -0.383 e. The minimum atomic E-state index is -3.57. The zero-order valence-electron chi connectivity index (χ0n) is 16.5. The van der Waals surface area contributed by atoms with E-state index in [1.165, 1.54) is 19.2 Å². The Bertz CT molecular complexity index is 1050. The number of benzene rings is 1. The van der Waals surface area contributed by atoms with E-state index in [0.29, 0.717) is 18.2 Å². The van der Waals surface area contributed by atoms with Gasteiger partial charge in [0.1, 0.15) is 0 Å². The van der Waals surface area contributed by atoms with Crippen LogP contribution < -0.4 is 10.0 Å². The lowest BCUT2D eigenvalue weighted by atomic mass is 10.3. The smallest absolute Gasteiger partial charge is 0.240 e. The molecule has 0 unspecified atom stereocenters. The van der Waals surface area contributed by atoms with Crippen LogP contribution in [0.15, 0.2) is 53.9 Å². The fourth-order valence-electron chi connectivity index (χ4n) is 2.68. The van der Waals surface area contributed by atoms with Crippen LogP contribution in [0.4, 0.5) is 11.6 Å². The molecule has 3 rings (SSSR count). The second-order valence-electron chi connectivity index (χ2n) is 6.59. The number of sulfonamides is 1. The second kappa shape index (κ2) is 9.12. The highest BCUT2D eigenvalue weighted by Gasteiger charge is 2.14. The normalized spacial score (nSPS) is 11.7. The lowest BCUT2D eigenvalue weighted by Crippen LogP contribution is -2.27. The van der Waals surface area contributed by atoms with Gasteiger partial charge >= 0.3 is 0 Å². The second-order valence-corrected chi connectivity index (χ2v) is 8.35. The number of nitrogens with zero attached hydrogens (tertiary/aromatic N) is 4. The van der Waals surface area contributed by atoms with Gasteiger partial charge in [-0.15, -0.1) is 0 Å². The van der Waals surface area contributed by atoms with Gasteiger partial charge < -0.3 is 14.6 Å². The van der Waals surface area contributed by atoms with Crippen molar-refractivity contribution in [1.82, 2.24) is 24.2 Å². The number of methoxy groups -OCH3 is 1. The number of hydrogen-bond donors (Lipinski definition) is 2. The van der Waals surface area contributed by atoms with Gasteiger partial charge in [-0.1, -0.05) is 0 Å². The molecule has 2 N–H and O–H groups in total. The number of nitrogens with one attached hydrogen (secondary N) is 2. The van der Waals surface area contributed by atoms with Crippen molar-refractivity contribution >= 4 is 21.7 Å². The average Bonchev–Trinajstić information content (AvgIpc) is 3.19. The highest BCUT2D eigenvalue weighted by molar-refractivity contribution is 7.89. The minimum absolute atomic E-state index is 0.176. The van der Waals surface area contributed by atoms with E-state index >= 15 is 0 Å². The first-order valence-electron chi connectivity index (χ1n) is 9.11. The van der Waals surface area contributed by atoms with Gasteiger partial charge in [0.2, 0.25) is 16.0 Å². The van der Waals surface area contributed by atoms with Gasteiger partial charge in [-0.2, -0.15) is 0 Å². The van der Waals surface area contributed by atoms with Crippen molar-refractivity contribution in [1.29, 1.82) is 0 Å². The highest BCUT2D eigenvalue weighted by atomic mass is 32.2. The van der Waals surface area contributed by atoms with Crippen LogP contribution in [0, 0.1) is 0 Å². The molecule has 0 aliphatic carbocycles. The molecule has 0 atom stereocenters. The zero-order valence-corrected chi connectivity index (χ0v) is 17.3. The molecule has 3 aromatic rings. The molecule has 29 heavy (non-hydrogen) atoms. The number of rotatable bonds is 9. The van der Waals surface area contributed by atoms with E-state index in [0.717, 1.165) is 11.4 Å². The van der Waals surface area contributed by atoms with Crippen molar-refractivity contribution in [3.8, 4) is 11.4 Å². The van der Waals surface area contributed by atoms with Gasteiger partial charge in [0.25, 0.3) is 0 Å². The van der Waals surface area contributed by atoms with Gasteiger partial charge in [0.05, 0.1) is 35.4 Å². The van der Waals surface area contributed by atoms with E-state index < -0.39 is 10.0 Å². The Morgan fingerprint density at radius 1 is 1.17 bits per heavy atom. The Kier molecular flexibility index (Phi) is 6.57. The quantitative estimate of drug-likeness (QED) is 0.516. The molecule has 9 nitrogen and oxygen atoms in total. The molecule has 154 valence electrons. The predicted octanol–water partition coefficient (Wildman–Crippen LogP) is 2.59. The number of hydrogen-bond acceptors (Lipinski definition) is 7. The molecule has 0 spiro atoms.